The fourth-order valence-electron chi connectivity index (χ4n) is 2.66. The lowest BCUT2D eigenvalue weighted by Gasteiger charge is -2.43. The molecule has 8 nitrogen and oxygen atoms in total. The second kappa shape index (κ2) is 15.0. The molecule has 0 aromatic heterocycles. The van der Waals surface area contributed by atoms with Crippen LogP contribution in [-0.2, 0) is 21.9 Å². The number of esters is 1. The van der Waals surface area contributed by atoms with Crippen molar-refractivity contribution in [2.45, 2.75) is 96.9 Å². The Kier molecular flexibility index (Phi) is 15.9. The molecule has 192 valence electrons. The monoisotopic (exact) mass is 528 g/mol. The third kappa shape index (κ3) is 19.3. The van der Waals surface area contributed by atoms with Gasteiger partial charge in [0.2, 0.25) is 0 Å². The summed E-state index contributed by atoms with van der Waals surface area (Å²) in [6, 6.07) is 0.626. The number of aliphatic hydroxyl groups is 3. The second-order valence-electron chi connectivity index (χ2n) is 10.5. The van der Waals surface area contributed by atoms with Crippen molar-refractivity contribution < 1.29 is 37.2 Å². The van der Waals surface area contributed by atoms with Crippen molar-refractivity contribution in [1.29, 1.82) is 0 Å². The number of ether oxygens (including phenoxy) is 1. The van der Waals surface area contributed by atoms with Crippen molar-refractivity contribution in [1.82, 2.24) is 0 Å². The number of aliphatic hydroxyl groups excluding tert-OH is 3. The highest BCUT2D eigenvalue weighted by Crippen LogP contribution is 2.30. The van der Waals surface area contributed by atoms with E-state index in [0.29, 0.717) is 25.5 Å². The van der Waals surface area contributed by atoms with Gasteiger partial charge in [-0.3, -0.25) is 0 Å². The summed E-state index contributed by atoms with van der Waals surface area (Å²) in [5.41, 5.74) is 0. The number of carbonyl (C=O) groups excluding carboxylic acids is 1. The predicted octanol–water partition coefficient (Wildman–Crippen LogP) is 3.71. The van der Waals surface area contributed by atoms with Gasteiger partial charge in [-0.2, -0.15) is 0 Å². The molecular weight excluding hydrogens is 481 g/mol. The maximum atomic E-state index is 10.1. The van der Waals surface area contributed by atoms with E-state index in [1.165, 1.54) is 0 Å². The molecule has 0 rings (SSSR count). The summed E-state index contributed by atoms with van der Waals surface area (Å²) in [6.45, 7) is 24.2. The Morgan fingerprint density at radius 2 is 1.28 bits per heavy atom. The first-order valence-electron chi connectivity index (χ1n) is 11.2. The Morgan fingerprint density at radius 1 is 0.875 bits per heavy atom. The Balaban J connectivity index is 0. The molecule has 2 atom stereocenters. The van der Waals surface area contributed by atoms with Crippen molar-refractivity contribution in [3.63, 3.8) is 0 Å². The first-order chi connectivity index (χ1) is 14.3. The topological polar surface area (TPSA) is 115 Å². The fraction of sp³-hybridized carbons (Fsp3) is 0.850. The van der Waals surface area contributed by atoms with E-state index in [4.69, 9.17) is 17.5 Å². The molecule has 0 radical (unpaired) electrons. The van der Waals surface area contributed by atoms with Gasteiger partial charge in [0.25, 0.3) is 0 Å². The van der Waals surface area contributed by atoms with Gasteiger partial charge in [0, 0.05) is 12.1 Å². The smallest absolute Gasteiger partial charge is 0.463 e. The van der Waals surface area contributed by atoms with Gasteiger partial charge in [-0.1, -0.05) is 6.58 Å². The van der Waals surface area contributed by atoms with E-state index >= 15 is 0 Å². The van der Waals surface area contributed by atoms with Crippen LogP contribution in [0.5, 0.6) is 0 Å². The highest BCUT2D eigenvalue weighted by molar-refractivity contribution is 6.90. The molecule has 0 fully saturated rings. The summed E-state index contributed by atoms with van der Waals surface area (Å²) in [5, 5.41) is 28.4. The third-order valence-corrected chi connectivity index (χ3v) is 15.5. The fourth-order valence-corrected chi connectivity index (χ4v) is 17.3. The van der Waals surface area contributed by atoms with E-state index in [1.807, 2.05) is 0 Å². The van der Waals surface area contributed by atoms with E-state index < -0.39 is 52.6 Å². The third-order valence-electron chi connectivity index (χ3n) is 3.45. The minimum absolute atomic E-state index is 0.359. The molecule has 0 bridgehead atoms. The Hall–Kier alpha value is -0.162. The summed E-state index contributed by atoms with van der Waals surface area (Å²) in [4.78, 5) is 10.1. The molecule has 12 heteroatoms. The lowest BCUT2D eigenvalue weighted by molar-refractivity contribution is -0.137. The SMILES string of the molecule is C=CC(=O)OCC.C[Si](C)(C)O[Si](CCCC(O)C(O)CO)(O[Si](C)(C)C)O[Si](C)(C)C. The average molecular weight is 529 g/mol. The minimum Gasteiger partial charge on any atom is -0.463 e. The molecule has 0 aliphatic heterocycles. The van der Waals surface area contributed by atoms with Gasteiger partial charge < -0.3 is 32.4 Å². The zero-order valence-corrected chi connectivity index (χ0v) is 25.9. The first kappa shape index (κ1) is 34.0. The van der Waals surface area contributed by atoms with Crippen LogP contribution in [0.15, 0.2) is 12.7 Å². The van der Waals surface area contributed by atoms with Crippen molar-refractivity contribution in [2.24, 2.45) is 0 Å². The highest BCUT2D eigenvalue weighted by Gasteiger charge is 2.49. The van der Waals surface area contributed by atoms with Crippen LogP contribution in [0.1, 0.15) is 19.8 Å². The average Bonchev–Trinajstić information content (AvgIpc) is 2.56. The van der Waals surface area contributed by atoms with Crippen LogP contribution >= 0.6 is 0 Å². The van der Waals surface area contributed by atoms with Crippen LogP contribution < -0.4 is 0 Å². The van der Waals surface area contributed by atoms with Gasteiger partial charge in [-0.15, -0.1) is 0 Å². The van der Waals surface area contributed by atoms with Gasteiger partial charge >= 0.3 is 14.8 Å². The largest absolute Gasteiger partial charge is 0.469 e. The number of rotatable bonds is 14. The maximum absolute atomic E-state index is 10.1. The molecule has 0 aliphatic carbocycles. The molecule has 0 amide bonds. The van der Waals surface area contributed by atoms with Gasteiger partial charge in [0.15, 0.2) is 25.0 Å². The normalized spacial score (nSPS) is 14.8. The lowest BCUT2D eigenvalue weighted by Crippen LogP contribution is -2.60. The number of hydrogen-bond donors (Lipinski definition) is 3. The molecule has 0 aromatic carbocycles. The van der Waals surface area contributed by atoms with Gasteiger partial charge in [-0.25, -0.2) is 4.79 Å². The van der Waals surface area contributed by atoms with Crippen LogP contribution in [0.3, 0.4) is 0 Å². The molecule has 2 unspecified atom stereocenters. The molecular formula is C20H48O8Si4. The predicted molar refractivity (Wildman–Crippen MR) is 139 cm³/mol. The van der Waals surface area contributed by atoms with Crippen molar-refractivity contribution >= 4 is 39.7 Å². The summed E-state index contributed by atoms with van der Waals surface area (Å²) in [7, 11) is -8.56. The molecule has 32 heavy (non-hydrogen) atoms. The highest BCUT2D eigenvalue weighted by atomic mass is 28.5. The number of hydrogen-bond acceptors (Lipinski definition) is 8. The van der Waals surface area contributed by atoms with Crippen LogP contribution in [0.2, 0.25) is 65.0 Å². The Morgan fingerprint density at radius 3 is 1.53 bits per heavy atom. The van der Waals surface area contributed by atoms with Crippen molar-refractivity contribution in [3.05, 3.63) is 12.7 Å². The minimum atomic E-state index is -2.88. The molecule has 3 N–H and O–H groups in total. The van der Waals surface area contributed by atoms with Gasteiger partial charge in [-0.05, 0) is 78.7 Å². The molecule has 0 heterocycles. The van der Waals surface area contributed by atoms with E-state index in [2.05, 4.69) is 70.2 Å². The Labute approximate surface area is 199 Å². The standard InChI is InChI=1S/C15H40O6Si4.C5H8O2/c1-22(2,3)19-25(20-23(4,5)6,21-24(7,8)9)12-10-11-14(17)15(18)13-16;1-3-5(6)7-4-2/h14-18H,10-13H2,1-9H3;3H,1,4H2,2H3. The number of carbonyl (C=O) groups is 1. The van der Waals surface area contributed by atoms with E-state index in [0.717, 1.165) is 6.08 Å². The van der Waals surface area contributed by atoms with Crippen LogP contribution in [-0.4, -0.2) is 80.5 Å². The van der Waals surface area contributed by atoms with Crippen LogP contribution in [0.25, 0.3) is 0 Å². The summed E-state index contributed by atoms with van der Waals surface area (Å²) < 4.78 is 24.1. The lowest BCUT2D eigenvalue weighted by atomic mass is 10.1. The first-order valence-corrected chi connectivity index (χ1v) is 23.3. The molecule has 0 saturated carbocycles. The van der Waals surface area contributed by atoms with E-state index in [1.54, 1.807) is 6.92 Å². The van der Waals surface area contributed by atoms with E-state index in [9.17, 15) is 15.0 Å². The van der Waals surface area contributed by atoms with Crippen LogP contribution in [0.4, 0.5) is 0 Å². The summed E-state index contributed by atoms with van der Waals surface area (Å²) in [6.07, 6.45) is 0.107. The van der Waals surface area contributed by atoms with Gasteiger partial charge in [0.05, 0.1) is 19.3 Å². The van der Waals surface area contributed by atoms with Crippen LogP contribution in [0, 0.1) is 0 Å². The summed E-state index contributed by atoms with van der Waals surface area (Å²) in [5.74, 6) is -0.359. The summed E-state index contributed by atoms with van der Waals surface area (Å²) >= 11 is 0. The van der Waals surface area contributed by atoms with Gasteiger partial charge in [0.1, 0.15) is 6.10 Å². The zero-order valence-electron chi connectivity index (χ0n) is 21.9. The Bertz CT molecular complexity index is 500. The molecule has 0 saturated heterocycles. The molecule has 0 spiro atoms. The molecule has 0 aromatic rings. The van der Waals surface area contributed by atoms with E-state index in [-0.39, 0.29) is 5.97 Å². The molecule has 0 aliphatic rings. The quantitative estimate of drug-likeness (QED) is 0.178. The van der Waals surface area contributed by atoms with Crippen molar-refractivity contribution in [3.8, 4) is 0 Å². The zero-order chi connectivity index (χ0) is 25.8. The second-order valence-corrected chi connectivity index (χ2v) is 27.5. The van der Waals surface area contributed by atoms with Crippen molar-refractivity contribution in [2.75, 3.05) is 13.2 Å². The maximum Gasteiger partial charge on any atom is 0.469 e.